The van der Waals surface area contributed by atoms with Gasteiger partial charge in [0, 0.05) is 37.2 Å². The first-order chi connectivity index (χ1) is 18.1. The molecular formula is C26H26F3N5O4. The number of para-hydroxylation sites is 1. The van der Waals surface area contributed by atoms with E-state index < -0.39 is 41.3 Å². The molecule has 1 aromatic heterocycles. The molecule has 0 radical (unpaired) electrons. The lowest BCUT2D eigenvalue weighted by molar-refractivity contribution is -0.142. The maximum Gasteiger partial charge on any atom is 0.417 e. The highest BCUT2D eigenvalue weighted by atomic mass is 19.4. The van der Waals surface area contributed by atoms with E-state index in [2.05, 4.69) is 10.4 Å². The minimum Gasteiger partial charge on any atom is -0.465 e. The van der Waals surface area contributed by atoms with Gasteiger partial charge >= 0.3 is 18.2 Å². The van der Waals surface area contributed by atoms with Gasteiger partial charge in [-0.15, -0.1) is 0 Å². The van der Waals surface area contributed by atoms with Crippen LogP contribution in [0.2, 0.25) is 0 Å². The Morgan fingerprint density at radius 2 is 1.89 bits per heavy atom. The number of ether oxygens (including phenoxy) is 1. The van der Waals surface area contributed by atoms with Gasteiger partial charge in [-0.3, -0.25) is 9.59 Å². The molecule has 200 valence electrons. The molecule has 1 N–H and O–H groups in total. The standard InChI is InChI=1S/C26H26F3N5O4/c1-3-38-23(35)14-30-25(37)32-16-18-7-4-5-8-22(18)33(15-17(32)2)24(36)20-10-9-19(34-12-6-11-31-34)13-21(20)26(27,28)29/h4-13,17H,3,14-16H2,1-2H3,(H,30,37)/t17-/m1/s1. The molecular weight excluding hydrogens is 503 g/mol. The third-order valence-electron chi connectivity index (χ3n) is 6.11. The minimum atomic E-state index is -4.80. The fraction of sp³-hybridized carbons (Fsp3) is 0.308. The van der Waals surface area contributed by atoms with E-state index in [1.807, 2.05) is 0 Å². The van der Waals surface area contributed by atoms with Gasteiger partial charge in [0.1, 0.15) is 6.54 Å². The highest BCUT2D eigenvalue weighted by Gasteiger charge is 2.39. The van der Waals surface area contributed by atoms with Crippen molar-refractivity contribution in [2.24, 2.45) is 0 Å². The average molecular weight is 530 g/mol. The van der Waals surface area contributed by atoms with Gasteiger partial charge in [-0.25, -0.2) is 9.48 Å². The fourth-order valence-electron chi connectivity index (χ4n) is 4.30. The fourth-order valence-corrected chi connectivity index (χ4v) is 4.30. The van der Waals surface area contributed by atoms with Crippen LogP contribution in [-0.4, -0.2) is 58.3 Å². The number of benzene rings is 2. The van der Waals surface area contributed by atoms with Crippen molar-refractivity contribution in [2.45, 2.75) is 32.6 Å². The number of alkyl halides is 3. The number of urea groups is 1. The summed E-state index contributed by atoms with van der Waals surface area (Å²) in [4.78, 5) is 41.0. The van der Waals surface area contributed by atoms with E-state index in [9.17, 15) is 27.6 Å². The Balaban J connectivity index is 1.67. The quantitative estimate of drug-likeness (QED) is 0.504. The molecule has 0 fully saturated rings. The zero-order chi connectivity index (χ0) is 27.4. The summed E-state index contributed by atoms with van der Waals surface area (Å²) in [5.74, 6) is -1.45. The molecule has 9 nitrogen and oxygen atoms in total. The van der Waals surface area contributed by atoms with Crippen molar-refractivity contribution in [2.75, 3.05) is 24.6 Å². The van der Waals surface area contributed by atoms with Crippen LogP contribution in [-0.2, 0) is 22.3 Å². The van der Waals surface area contributed by atoms with E-state index in [1.165, 1.54) is 32.9 Å². The van der Waals surface area contributed by atoms with E-state index in [4.69, 9.17) is 4.74 Å². The van der Waals surface area contributed by atoms with Crippen LogP contribution in [0.15, 0.2) is 60.9 Å². The molecule has 1 atom stereocenters. The van der Waals surface area contributed by atoms with Gasteiger partial charge in [-0.1, -0.05) is 18.2 Å². The first-order valence-electron chi connectivity index (χ1n) is 11.9. The first kappa shape index (κ1) is 26.7. The highest BCUT2D eigenvalue weighted by Crippen LogP contribution is 2.36. The molecule has 38 heavy (non-hydrogen) atoms. The van der Waals surface area contributed by atoms with Crippen LogP contribution in [0, 0.1) is 0 Å². The van der Waals surface area contributed by atoms with Gasteiger partial charge in [0.2, 0.25) is 0 Å². The van der Waals surface area contributed by atoms with E-state index in [0.29, 0.717) is 11.3 Å². The Labute approximate surface area is 216 Å². The summed E-state index contributed by atoms with van der Waals surface area (Å²) in [6.07, 6.45) is -1.86. The third kappa shape index (κ3) is 5.63. The van der Waals surface area contributed by atoms with Gasteiger partial charge < -0.3 is 19.9 Å². The van der Waals surface area contributed by atoms with E-state index >= 15 is 0 Å². The number of aromatic nitrogens is 2. The van der Waals surface area contributed by atoms with Crippen molar-refractivity contribution in [1.29, 1.82) is 0 Å². The summed E-state index contributed by atoms with van der Waals surface area (Å²) in [5.41, 5.74) is -0.481. The number of carbonyl (C=O) groups excluding carboxylic acids is 3. The molecule has 1 aliphatic rings. The second-order valence-electron chi connectivity index (χ2n) is 8.66. The predicted molar refractivity (Wildman–Crippen MR) is 132 cm³/mol. The van der Waals surface area contributed by atoms with Crippen LogP contribution in [0.25, 0.3) is 5.69 Å². The van der Waals surface area contributed by atoms with Crippen molar-refractivity contribution < 1.29 is 32.3 Å². The molecule has 0 unspecified atom stereocenters. The van der Waals surface area contributed by atoms with Crippen LogP contribution < -0.4 is 10.2 Å². The average Bonchev–Trinajstić information content (AvgIpc) is 3.38. The maximum absolute atomic E-state index is 14.1. The van der Waals surface area contributed by atoms with Gasteiger partial charge in [-0.05, 0) is 49.7 Å². The summed E-state index contributed by atoms with van der Waals surface area (Å²) in [6.45, 7) is 3.18. The number of nitrogens with zero attached hydrogens (tertiary/aromatic N) is 4. The Morgan fingerprint density at radius 3 is 2.58 bits per heavy atom. The Kier molecular flexibility index (Phi) is 7.70. The number of halogens is 3. The lowest BCUT2D eigenvalue weighted by Crippen LogP contribution is -2.49. The molecule has 0 bridgehead atoms. The number of hydrogen-bond acceptors (Lipinski definition) is 5. The zero-order valence-electron chi connectivity index (χ0n) is 20.7. The Morgan fingerprint density at radius 1 is 1.13 bits per heavy atom. The summed E-state index contributed by atoms with van der Waals surface area (Å²) in [5, 5.41) is 6.47. The molecule has 0 saturated heterocycles. The van der Waals surface area contributed by atoms with Crippen LogP contribution in [0.3, 0.4) is 0 Å². The third-order valence-corrected chi connectivity index (χ3v) is 6.11. The zero-order valence-corrected chi connectivity index (χ0v) is 20.7. The van der Waals surface area contributed by atoms with Crippen LogP contribution in [0.1, 0.15) is 35.3 Å². The molecule has 3 amide bonds. The van der Waals surface area contributed by atoms with Gasteiger partial charge in [0.25, 0.3) is 5.91 Å². The SMILES string of the molecule is CCOC(=O)CNC(=O)N1Cc2ccccc2N(C(=O)c2ccc(-n3cccn3)cc2C(F)(F)F)C[C@H]1C. The van der Waals surface area contributed by atoms with Crippen LogP contribution >= 0.6 is 0 Å². The second-order valence-corrected chi connectivity index (χ2v) is 8.66. The lowest BCUT2D eigenvalue weighted by atomic mass is 10.0. The number of anilines is 1. The predicted octanol–water partition coefficient (Wildman–Crippen LogP) is 4.01. The second kappa shape index (κ2) is 11.0. The van der Waals surface area contributed by atoms with Gasteiger partial charge in [0.05, 0.1) is 23.4 Å². The molecule has 2 aromatic carbocycles. The normalized spacial score (nSPS) is 15.4. The van der Waals surface area contributed by atoms with Crippen molar-refractivity contribution >= 4 is 23.6 Å². The van der Waals surface area contributed by atoms with Crippen molar-refractivity contribution in [3.8, 4) is 5.69 Å². The molecule has 3 aromatic rings. The maximum atomic E-state index is 14.1. The smallest absolute Gasteiger partial charge is 0.417 e. The molecule has 2 heterocycles. The first-order valence-corrected chi connectivity index (χ1v) is 11.9. The molecule has 0 spiro atoms. The van der Waals surface area contributed by atoms with E-state index in [-0.39, 0.29) is 31.9 Å². The molecule has 12 heteroatoms. The summed E-state index contributed by atoms with van der Waals surface area (Å²) < 4.78 is 48.5. The summed E-state index contributed by atoms with van der Waals surface area (Å²) in [6, 6.07) is 10.6. The number of esters is 1. The minimum absolute atomic E-state index is 0.0686. The van der Waals surface area contributed by atoms with Crippen molar-refractivity contribution in [1.82, 2.24) is 20.0 Å². The largest absolute Gasteiger partial charge is 0.465 e. The Bertz CT molecular complexity index is 1330. The molecule has 4 rings (SSSR count). The van der Waals surface area contributed by atoms with Gasteiger partial charge in [-0.2, -0.15) is 18.3 Å². The number of amides is 3. The lowest BCUT2D eigenvalue weighted by Gasteiger charge is -2.29. The van der Waals surface area contributed by atoms with Crippen molar-refractivity contribution in [3.05, 3.63) is 77.6 Å². The monoisotopic (exact) mass is 529 g/mol. The summed E-state index contributed by atoms with van der Waals surface area (Å²) in [7, 11) is 0. The van der Waals surface area contributed by atoms with Gasteiger partial charge in [0.15, 0.2) is 0 Å². The number of nitrogens with one attached hydrogen (secondary N) is 1. The number of hydrogen-bond donors (Lipinski definition) is 1. The van der Waals surface area contributed by atoms with Crippen molar-refractivity contribution in [3.63, 3.8) is 0 Å². The van der Waals surface area contributed by atoms with E-state index in [0.717, 1.165) is 12.1 Å². The Hall–Kier alpha value is -4.35. The molecule has 0 aliphatic carbocycles. The number of fused-ring (bicyclic) bond motifs is 1. The number of rotatable bonds is 5. The van der Waals surface area contributed by atoms with Crippen LogP contribution in [0.5, 0.6) is 0 Å². The van der Waals surface area contributed by atoms with E-state index in [1.54, 1.807) is 44.2 Å². The molecule has 0 saturated carbocycles. The van der Waals surface area contributed by atoms with Crippen LogP contribution in [0.4, 0.5) is 23.7 Å². The highest BCUT2D eigenvalue weighted by molar-refractivity contribution is 6.08. The number of carbonyl (C=O) groups is 3. The summed E-state index contributed by atoms with van der Waals surface area (Å²) >= 11 is 0. The molecule has 1 aliphatic heterocycles. The topological polar surface area (TPSA) is 96.8 Å².